The lowest BCUT2D eigenvalue weighted by Gasteiger charge is -2.39. The van der Waals surface area contributed by atoms with Gasteiger partial charge in [-0.2, -0.15) is 0 Å². The van der Waals surface area contributed by atoms with Gasteiger partial charge in [-0.3, -0.25) is 4.90 Å². The van der Waals surface area contributed by atoms with Crippen LogP contribution in [0.15, 0.2) is 12.5 Å². The van der Waals surface area contributed by atoms with Crippen LogP contribution in [0.3, 0.4) is 0 Å². The van der Waals surface area contributed by atoms with E-state index in [2.05, 4.69) is 21.7 Å². The molecule has 0 amide bonds. The number of aromatic nitrogens is 2. The molecule has 0 aliphatic carbocycles. The Bertz CT molecular complexity index is 615. The molecule has 2 heterocycles. The minimum Gasteiger partial charge on any atom is -0.378 e. The van der Waals surface area contributed by atoms with Crippen molar-refractivity contribution in [2.24, 2.45) is 13.0 Å². The van der Waals surface area contributed by atoms with Gasteiger partial charge in [0.1, 0.15) is 0 Å². The summed E-state index contributed by atoms with van der Waals surface area (Å²) in [5.74, 6) is 0.240. The lowest BCUT2D eigenvalue weighted by Crippen LogP contribution is -2.43. The van der Waals surface area contributed by atoms with E-state index in [1.165, 1.54) is 0 Å². The highest BCUT2D eigenvalue weighted by molar-refractivity contribution is 7.89. The monoisotopic (exact) mass is 358 g/mol. The van der Waals surface area contributed by atoms with E-state index in [1.807, 2.05) is 31.7 Å². The largest absolute Gasteiger partial charge is 0.378 e. The molecule has 0 aromatic carbocycles. The van der Waals surface area contributed by atoms with Gasteiger partial charge in [-0.1, -0.05) is 0 Å². The molecule has 1 aliphatic heterocycles. The molecule has 1 fully saturated rings. The standard InChI is InChI=1S/C16H30N4O3S/c1-13(2)23-8-9-24(21,22)18-10-14-6-5-7-19(3)16(14)15-11-17-12-20(15)4/h11-14,16,18H,5-10H2,1-4H3/t14-,16+/m0/s1. The van der Waals surface area contributed by atoms with Crippen LogP contribution in [0.25, 0.3) is 0 Å². The van der Waals surface area contributed by atoms with Crippen LogP contribution in [0.2, 0.25) is 0 Å². The van der Waals surface area contributed by atoms with Gasteiger partial charge in [0.2, 0.25) is 10.0 Å². The molecule has 0 saturated carbocycles. The number of piperidine rings is 1. The zero-order chi connectivity index (χ0) is 17.7. The quantitative estimate of drug-likeness (QED) is 0.754. The number of ether oxygens (including phenoxy) is 1. The first-order valence-corrected chi connectivity index (χ1v) is 10.2. The number of sulfonamides is 1. The molecule has 0 spiro atoms. The minimum atomic E-state index is -3.31. The first-order valence-electron chi connectivity index (χ1n) is 8.55. The lowest BCUT2D eigenvalue weighted by atomic mass is 9.87. The molecule has 24 heavy (non-hydrogen) atoms. The molecule has 1 saturated heterocycles. The van der Waals surface area contributed by atoms with Crippen molar-refractivity contribution in [2.45, 2.75) is 38.8 Å². The van der Waals surface area contributed by atoms with Gasteiger partial charge < -0.3 is 9.30 Å². The van der Waals surface area contributed by atoms with Crippen molar-refractivity contribution in [2.75, 3.05) is 32.5 Å². The smallest absolute Gasteiger partial charge is 0.213 e. The molecule has 2 atom stereocenters. The van der Waals surface area contributed by atoms with Gasteiger partial charge in [-0.25, -0.2) is 18.1 Å². The van der Waals surface area contributed by atoms with Crippen LogP contribution in [-0.2, 0) is 21.8 Å². The first-order chi connectivity index (χ1) is 11.3. The summed E-state index contributed by atoms with van der Waals surface area (Å²) in [6.07, 6.45) is 5.80. The van der Waals surface area contributed by atoms with Gasteiger partial charge >= 0.3 is 0 Å². The molecule has 2 rings (SSSR count). The molecule has 8 heteroatoms. The Balaban J connectivity index is 1.97. The zero-order valence-corrected chi connectivity index (χ0v) is 15.9. The first kappa shape index (κ1) is 19.4. The van der Waals surface area contributed by atoms with Gasteiger partial charge in [-0.15, -0.1) is 0 Å². The van der Waals surface area contributed by atoms with Crippen LogP contribution in [0.1, 0.15) is 38.4 Å². The second kappa shape index (κ2) is 8.42. The Hall–Kier alpha value is -0.960. The lowest BCUT2D eigenvalue weighted by molar-refractivity contribution is 0.0909. The van der Waals surface area contributed by atoms with E-state index >= 15 is 0 Å². The van der Waals surface area contributed by atoms with Crippen molar-refractivity contribution in [1.82, 2.24) is 19.2 Å². The number of nitrogens with zero attached hydrogens (tertiary/aromatic N) is 3. The number of aryl methyl sites for hydroxylation is 1. The molecule has 1 N–H and O–H groups in total. The Morgan fingerprint density at radius 3 is 2.79 bits per heavy atom. The van der Waals surface area contributed by atoms with Crippen LogP contribution in [0, 0.1) is 5.92 Å². The third-order valence-corrected chi connectivity index (χ3v) is 5.84. The average Bonchev–Trinajstić information content (AvgIpc) is 2.90. The highest BCUT2D eigenvalue weighted by Gasteiger charge is 2.32. The number of rotatable bonds is 8. The van der Waals surface area contributed by atoms with Crippen molar-refractivity contribution < 1.29 is 13.2 Å². The van der Waals surface area contributed by atoms with Crippen molar-refractivity contribution >= 4 is 10.0 Å². The molecule has 0 unspecified atom stereocenters. The summed E-state index contributed by atoms with van der Waals surface area (Å²) >= 11 is 0. The van der Waals surface area contributed by atoms with E-state index in [4.69, 9.17) is 4.74 Å². The van der Waals surface area contributed by atoms with Crippen LogP contribution in [0.5, 0.6) is 0 Å². The van der Waals surface area contributed by atoms with E-state index in [1.54, 1.807) is 6.33 Å². The second-order valence-electron chi connectivity index (χ2n) is 6.84. The van der Waals surface area contributed by atoms with Gasteiger partial charge in [0, 0.05) is 19.8 Å². The molecule has 7 nitrogen and oxygen atoms in total. The Morgan fingerprint density at radius 1 is 1.42 bits per heavy atom. The normalized spacial score (nSPS) is 23.0. The van der Waals surface area contributed by atoms with Crippen LogP contribution < -0.4 is 4.72 Å². The van der Waals surface area contributed by atoms with Crippen LogP contribution in [-0.4, -0.2) is 61.5 Å². The number of nitrogens with one attached hydrogen (secondary N) is 1. The molecule has 138 valence electrons. The summed E-state index contributed by atoms with van der Waals surface area (Å²) in [5.41, 5.74) is 1.13. The molecule has 1 aromatic heterocycles. The fraction of sp³-hybridized carbons (Fsp3) is 0.812. The predicted molar refractivity (Wildman–Crippen MR) is 94.2 cm³/mol. The summed E-state index contributed by atoms with van der Waals surface area (Å²) in [7, 11) is 0.761. The van der Waals surface area contributed by atoms with Gasteiger partial charge in [0.15, 0.2) is 0 Å². The number of imidazole rings is 1. The molecular formula is C16H30N4O3S. The minimum absolute atomic E-state index is 0.00408. The summed E-state index contributed by atoms with van der Waals surface area (Å²) < 4.78 is 34.5. The Morgan fingerprint density at radius 2 is 2.17 bits per heavy atom. The topological polar surface area (TPSA) is 76.5 Å². The fourth-order valence-corrected chi connectivity index (χ4v) is 4.22. The fourth-order valence-electron chi connectivity index (χ4n) is 3.29. The van der Waals surface area contributed by atoms with E-state index < -0.39 is 10.0 Å². The summed E-state index contributed by atoms with van der Waals surface area (Å²) in [5, 5.41) is 0. The predicted octanol–water partition coefficient (Wildman–Crippen LogP) is 1.15. The molecule has 1 aromatic rings. The van der Waals surface area contributed by atoms with Crippen molar-refractivity contribution in [3.8, 4) is 0 Å². The molecule has 0 bridgehead atoms. The maximum Gasteiger partial charge on any atom is 0.213 e. The number of hydrogen-bond acceptors (Lipinski definition) is 5. The molecular weight excluding hydrogens is 328 g/mol. The van der Waals surface area contributed by atoms with Crippen LogP contribution in [0.4, 0.5) is 0 Å². The average molecular weight is 359 g/mol. The molecule has 0 radical (unpaired) electrons. The third-order valence-electron chi connectivity index (χ3n) is 4.53. The summed E-state index contributed by atoms with van der Waals surface area (Å²) in [6.45, 7) is 5.49. The number of likely N-dealkylation sites (tertiary alicyclic amines) is 1. The Labute approximate surface area is 145 Å². The zero-order valence-electron chi connectivity index (χ0n) is 15.1. The summed E-state index contributed by atoms with van der Waals surface area (Å²) in [4.78, 5) is 6.51. The SMILES string of the molecule is CC(C)OCCS(=O)(=O)NC[C@@H]1CCCN(C)[C@H]1c1cncn1C. The molecule has 1 aliphatic rings. The maximum absolute atomic E-state index is 12.2. The van der Waals surface area contributed by atoms with E-state index in [0.717, 1.165) is 25.1 Å². The Kier molecular flexibility index (Phi) is 6.79. The van der Waals surface area contributed by atoms with Gasteiger partial charge in [0.25, 0.3) is 0 Å². The third kappa shape index (κ3) is 5.27. The van der Waals surface area contributed by atoms with Gasteiger partial charge in [-0.05, 0) is 46.2 Å². The van der Waals surface area contributed by atoms with Crippen molar-refractivity contribution in [1.29, 1.82) is 0 Å². The second-order valence-corrected chi connectivity index (χ2v) is 8.77. The van der Waals surface area contributed by atoms with E-state index in [9.17, 15) is 8.42 Å². The maximum atomic E-state index is 12.2. The van der Waals surface area contributed by atoms with E-state index in [-0.39, 0.29) is 30.4 Å². The summed E-state index contributed by atoms with van der Waals surface area (Å²) in [6, 6.07) is 0.181. The van der Waals surface area contributed by atoms with Crippen molar-refractivity contribution in [3.63, 3.8) is 0 Å². The van der Waals surface area contributed by atoms with Crippen molar-refractivity contribution in [3.05, 3.63) is 18.2 Å². The highest BCUT2D eigenvalue weighted by Crippen LogP contribution is 2.34. The highest BCUT2D eigenvalue weighted by atomic mass is 32.2. The van der Waals surface area contributed by atoms with E-state index in [0.29, 0.717) is 6.54 Å². The number of hydrogen-bond donors (Lipinski definition) is 1. The van der Waals surface area contributed by atoms with Gasteiger partial charge in [0.05, 0.1) is 36.5 Å². The van der Waals surface area contributed by atoms with Crippen LogP contribution >= 0.6 is 0 Å².